The van der Waals surface area contributed by atoms with Crippen molar-refractivity contribution < 1.29 is 9.53 Å². The number of benzene rings is 1. The highest BCUT2D eigenvalue weighted by Gasteiger charge is 2.16. The number of likely N-dealkylation sites (N-methyl/N-ethyl adjacent to an activating group) is 1. The third-order valence-corrected chi connectivity index (χ3v) is 3.60. The molecule has 0 fully saturated rings. The van der Waals surface area contributed by atoms with Crippen molar-refractivity contribution in [1.29, 1.82) is 0 Å². The number of ether oxygens (including phenoxy) is 1. The maximum absolute atomic E-state index is 12.1. The van der Waals surface area contributed by atoms with Crippen LogP contribution in [0.15, 0.2) is 22.7 Å². The summed E-state index contributed by atoms with van der Waals surface area (Å²) in [4.78, 5) is 13.7. The van der Waals surface area contributed by atoms with Gasteiger partial charge in [-0.2, -0.15) is 0 Å². The van der Waals surface area contributed by atoms with Crippen LogP contribution in [0.4, 0.5) is 0 Å². The van der Waals surface area contributed by atoms with Gasteiger partial charge in [0.2, 0.25) is 0 Å². The van der Waals surface area contributed by atoms with Crippen molar-refractivity contribution in [2.75, 3.05) is 26.8 Å². The third-order valence-electron chi connectivity index (χ3n) is 2.30. The molecule has 0 radical (unpaired) electrons. The van der Waals surface area contributed by atoms with E-state index in [4.69, 9.17) is 16.3 Å². The van der Waals surface area contributed by atoms with E-state index < -0.39 is 0 Å². The van der Waals surface area contributed by atoms with Crippen molar-refractivity contribution in [1.82, 2.24) is 4.90 Å². The van der Waals surface area contributed by atoms with Crippen molar-refractivity contribution in [3.8, 4) is 0 Å². The van der Waals surface area contributed by atoms with Crippen LogP contribution in [0, 0.1) is 0 Å². The molecule has 5 heteroatoms. The molecule has 1 amide bonds. The van der Waals surface area contributed by atoms with Gasteiger partial charge >= 0.3 is 0 Å². The highest BCUT2D eigenvalue weighted by atomic mass is 79.9. The average molecular weight is 321 g/mol. The Morgan fingerprint density at radius 3 is 2.88 bits per heavy atom. The summed E-state index contributed by atoms with van der Waals surface area (Å²) in [5.74, 6) is -0.101. The summed E-state index contributed by atoms with van der Waals surface area (Å²) in [7, 11) is 1.73. The molecule has 0 saturated carbocycles. The second kappa shape index (κ2) is 6.99. The van der Waals surface area contributed by atoms with Gasteiger partial charge in [-0.1, -0.05) is 17.7 Å². The van der Waals surface area contributed by atoms with Crippen LogP contribution in [0.5, 0.6) is 0 Å². The van der Waals surface area contributed by atoms with E-state index in [0.717, 1.165) is 4.47 Å². The zero-order valence-electron chi connectivity index (χ0n) is 9.87. The van der Waals surface area contributed by atoms with Crippen LogP contribution in [0.2, 0.25) is 5.02 Å². The summed E-state index contributed by atoms with van der Waals surface area (Å²) in [5.41, 5.74) is 0.500. The Morgan fingerprint density at radius 1 is 1.53 bits per heavy atom. The van der Waals surface area contributed by atoms with Crippen LogP contribution in [0.3, 0.4) is 0 Å². The van der Waals surface area contributed by atoms with E-state index >= 15 is 0 Å². The van der Waals surface area contributed by atoms with Gasteiger partial charge < -0.3 is 9.64 Å². The first-order valence-electron chi connectivity index (χ1n) is 5.35. The molecular weight excluding hydrogens is 305 g/mol. The minimum atomic E-state index is -0.101. The molecule has 0 aliphatic heterocycles. The zero-order valence-corrected chi connectivity index (χ0v) is 12.2. The number of rotatable bonds is 5. The Morgan fingerprint density at radius 2 is 2.24 bits per heavy atom. The molecule has 1 rings (SSSR count). The number of carbonyl (C=O) groups excluding carboxylic acids is 1. The Kier molecular flexibility index (Phi) is 5.95. The van der Waals surface area contributed by atoms with Gasteiger partial charge in [0.1, 0.15) is 0 Å². The first-order valence-corrected chi connectivity index (χ1v) is 6.52. The van der Waals surface area contributed by atoms with Gasteiger partial charge in [-0.25, -0.2) is 0 Å². The summed E-state index contributed by atoms with van der Waals surface area (Å²) in [6.45, 7) is 3.66. The maximum Gasteiger partial charge on any atom is 0.255 e. The zero-order chi connectivity index (χ0) is 12.8. The fourth-order valence-electron chi connectivity index (χ4n) is 1.32. The number of carbonyl (C=O) groups is 1. The summed E-state index contributed by atoms with van der Waals surface area (Å²) < 4.78 is 5.93. The molecule has 94 valence electrons. The maximum atomic E-state index is 12.1. The van der Waals surface area contributed by atoms with Crippen LogP contribution < -0.4 is 0 Å². The Bertz CT molecular complexity index is 398. The van der Waals surface area contributed by atoms with Gasteiger partial charge in [-0.3, -0.25) is 4.79 Å². The molecule has 0 spiro atoms. The van der Waals surface area contributed by atoms with Crippen molar-refractivity contribution in [2.24, 2.45) is 0 Å². The van der Waals surface area contributed by atoms with E-state index in [1.165, 1.54) is 0 Å². The second-order valence-electron chi connectivity index (χ2n) is 3.53. The number of halogens is 2. The molecule has 17 heavy (non-hydrogen) atoms. The molecule has 0 aromatic heterocycles. The molecular formula is C12H15BrClNO2. The predicted molar refractivity (Wildman–Crippen MR) is 72.6 cm³/mol. The van der Waals surface area contributed by atoms with Crippen molar-refractivity contribution in [3.63, 3.8) is 0 Å². The molecule has 1 aromatic carbocycles. The monoisotopic (exact) mass is 319 g/mol. The third kappa shape index (κ3) is 3.98. The second-order valence-corrected chi connectivity index (χ2v) is 4.76. The fourth-order valence-corrected chi connectivity index (χ4v) is 1.89. The highest BCUT2D eigenvalue weighted by molar-refractivity contribution is 9.10. The molecule has 0 N–H and O–H groups in total. The largest absolute Gasteiger partial charge is 0.380 e. The molecule has 0 heterocycles. The van der Waals surface area contributed by atoms with Gasteiger partial charge in [0.25, 0.3) is 5.91 Å². The van der Waals surface area contributed by atoms with Gasteiger partial charge in [0.15, 0.2) is 0 Å². The van der Waals surface area contributed by atoms with Crippen LogP contribution in [-0.2, 0) is 4.74 Å². The first-order chi connectivity index (χ1) is 8.07. The molecule has 0 unspecified atom stereocenters. The number of hydrogen-bond acceptors (Lipinski definition) is 2. The van der Waals surface area contributed by atoms with Gasteiger partial charge in [-0.05, 0) is 35.0 Å². The standard InChI is InChI=1S/C12H15BrClNO2/c1-3-17-8-7-15(2)12(16)9-5-4-6-10(13)11(9)14/h4-6H,3,7-8H2,1-2H3. The summed E-state index contributed by atoms with van der Waals surface area (Å²) in [6, 6.07) is 5.31. The van der Waals surface area contributed by atoms with E-state index in [2.05, 4.69) is 15.9 Å². The van der Waals surface area contributed by atoms with Crippen molar-refractivity contribution >= 4 is 33.4 Å². The minimum Gasteiger partial charge on any atom is -0.380 e. The summed E-state index contributed by atoms with van der Waals surface area (Å²) in [6.07, 6.45) is 0. The smallest absolute Gasteiger partial charge is 0.255 e. The van der Waals surface area contributed by atoms with Gasteiger partial charge in [-0.15, -0.1) is 0 Å². The molecule has 0 aliphatic rings. The Hall–Kier alpha value is -0.580. The highest BCUT2D eigenvalue weighted by Crippen LogP contribution is 2.26. The fraction of sp³-hybridized carbons (Fsp3) is 0.417. The Balaban J connectivity index is 2.71. The molecule has 0 aliphatic carbocycles. The molecule has 0 saturated heterocycles. The minimum absolute atomic E-state index is 0.101. The lowest BCUT2D eigenvalue weighted by atomic mass is 10.2. The SMILES string of the molecule is CCOCCN(C)C(=O)c1cccc(Br)c1Cl. The molecule has 3 nitrogen and oxygen atoms in total. The number of nitrogens with zero attached hydrogens (tertiary/aromatic N) is 1. The lowest BCUT2D eigenvalue weighted by molar-refractivity contribution is 0.0710. The van der Waals surface area contributed by atoms with Gasteiger partial charge in [0, 0.05) is 24.7 Å². The molecule has 1 aromatic rings. The lowest BCUT2D eigenvalue weighted by Gasteiger charge is -2.18. The summed E-state index contributed by atoms with van der Waals surface area (Å²) in [5, 5.41) is 0.445. The van der Waals surface area contributed by atoms with Crippen molar-refractivity contribution in [3.05, 3.63) is 33.3 Å². The van der Waals surface area contributed by atoms with E-state index in [1.807, 2.05) is 6.92 Å². The number of amides is 1. The van der Waals surface area contributed by atoms with Crippen LogP contribution in [-0.4, -0.2) is 37.6 Å². The van der Waals surface area contributed by atoms with Gasteiger partial charge in [0.05, 0.1) is 17.2 Å². The van der Waals surface area contributed by atoms with Crippen molar-refractivity contribution in [2.45, 2.75) is 6.92 Å². The van der Waals surface area contributed by atoms with Crippen LogP contribution in [0.1, 0.15) is 17.3 Å². The first kappa shape index (κ1) is 14.5. The average Bonchev–Trinajstić information content (AvgIpc) is 2.32. The van der Waals surface area contributed by atoms with E-state index in [-0.39, 0.29) is 5.91 Å². The molecule has 0 atom stereocenters. The topological polar surface area (TPSA) is 29.5 Å². The van der Waals surface area contributed by atoms with E-state index in [0.29, 0.717) is 30.3 Å². The normalized spacial score (nSPS) is 10.4. The van der Waals surface area contributed by atoms with E-state index in [9.17, 15) is 4.79 Å². The van der Waals surface area contributed by atoms with E-state index in [1.54, 1.807) is 30.1 Å². The lowest BCUT2D eigenvalue weighted by Crippen LogP contribution is -2.30. The predicted octanol–water partition coefficient (Wildman–Crippen LogP) is 3.21. The van der Waals surface area contributed by atoms with Crippen LogP contribution >= 0.6 is 27.5 Å². The Labute approximate surface area is 115 Å². The quantitative estimate of drug-likeness (QED) is 0.780. The summed E-state index contributed by atoms with van der Waals surface area (Å²) >= 11 is 9.37. The molecule has 0 bridgehead atoms. The number of hydrogen-bond donors (Lipinski definition) is 0. The van der Waals surface area contributed by atoms with Crippen LogP contribution in [0.25, 0.3) is 0 Å².